The van der Waals surface area contributed by atoms with Crippen LogP contribution in [0.15, 0.2) is 65.3 Å². The van der Waals surface area contributed by atoms with Gasteiger partial charge in [0.15, 0.2) is 17.3 Å². The van der Waals surface area contributed by atoms with Crippen molar-refractivity contribution < 1.29 is 32.9 Å². The molecule has 0 saturated carbocycles. The monoisotopic (exact) mass is 467 g/mol. The first kappa shape index (κ1) is 23.4. The van der Waals surface area contributed by atoms with E-state index in [0.29, 0.717) is 59.8 Å². The summed E-state index contributed by atoms with van der Waals surface area (Å²) in [6.45, 7) is 2.34. The Morgan fingerprint density at radius 2 is 1.97 bits per heavy atom. The van der Waals surface area contributed by atoms with Gasteiger partial charge in [0.25, 0.3) is 0 Å². The minimum Gasteiger partial charge on any atom is -0.490 e. The van der Waals surface area contributed by atoms with Gasteiger partial charge in [0.05, 0.1) is 19.6 Å². The number of esters is 1. The molecule has 8 heteroatoms. The number of methoxy groups -OCH3 is 1. The van der Waals surface area contributed by atoms with Crippen molar-refractivity contribution in [3.8, 4) is 11.5 Å². The third-order valence-electron chi connectivity index (χ3n) is 5.77. The number of ether oxygens (including phenoxy) is 4. The maximum Gasteiger partial charge on any atom is 0.340 e. The van der Waals surface area contributed by atoms with Crippen molar-refractivity contribution in [3.05, 3.63) is 82.2 Å². The van der Waals surface area contributed by atoms with E-state index in [4.69, 9.17) is 24.7 Å². The van der Waals surface area contributed by atoms with Gasteiger partial charge in [0.1, 0.15) is 23.8 Å². The number of carbonyl (C=O) groups excluding carboxylic acids is 2. The molecule has 1 aliphatic carbocycles. The van der Waals surface area contributed by atoms with Crippen molar-refractivity contribution in [3.63, 3.8) is 0 Å². The number of benzene rings is 2. The van der Waals surface area contributed by atoms with E-state index in [0.717, 1.165) is 0 Å². The second-order valence-electron chi connectivity index (χ2n) is 7.98. The normalized spacial score (nSPS) is 17.7. The fraction of sp³-hybridized carbons (Fsp3) is 0.308. The molecule has 0 aromatic heterocycles. The van der Waals surface area contributed by atoms with Crippen LogP contribution in [0.1, 0.15) is 43.2 Å². The van der Waals surface area contributed by atoms with Crippen LogP contribution in [0.2, 0.25) is 0 Å². The summed E-state index contributed by atoms with van der Waals surface area (Å²) in [7, 11) is 1.25. The van der Waals surface area contributed by atoms with E-state index in [2.05, 4.69) is 0 Å². The van der Waals surface area contributed by atoms with Crippen LogP contribution in [0.5, 0.6) is 11.5 Å². The molecule has 1 aliphatic heterocycles. The van der Waals surface area contributed by atoms with Crippen molar-refractivity contribution in [1.82, 2.24) is 0 Å². The van der Waals surface area contributed by atoms with Gasteiger partial charge < -0.3 is 24.7 Å². The number of halogens is 1. The van der Waals surface area contributed by atoms with Gasteiger partial charge in [0, 0.05) is 18.4 Å². The molecule has 0 bridgehead atoms. The Morgan fingerprint density at radius 3 is 2.71 bits per heavy atom. The molecule has 178 valence electrons. The lowest BCUT2D eigenvalue weighted by Crippen LogP contribution is -2.31. The topological polar surface area (TPSA) is 97.1 Å². The molecule has 2 aromatic rings. The molecule has 2 N–H and O–H groups in total. The van der Waals surface area contributed by atoms with Crippen LogP contribution in [0.25, 0.3) is 0 Å². The highest BCUT2D eigenvalue weighted by Crippen LogP contribution is 2.45. The molecule has 2 aromatic carbocycles. The molecule has 0 amide bonds. The van der Waals surface area contributed by atoms with Gasteiger partial charge in [-0.15, -0.1) is 0 Å². The van der Waals surface area contributed by atoms with Gasteiger partial charge >= 0.3 is 5.97 Å². The molecule has 0 unspecified atom stereocenters. The van der Waals surface area contributed by atoms with Crippen LogP contribution < -0.4 is 15.2 Å². The summed E-state index contributed by atoms with van der Waals surface area (Å²) in [5.41, 5.74) is 7.89. The van der Waals surface area contributed by atoms with Crippen LogP contribution in [0, 0.1) is 5.82 Å². The molecule has 1 atom stereocenters. The number of nitrogens with two attached hydrogens (primary N) is 1. The van der Waals surface area contributed by atoms with Gasteiger partial charge in [0.2, 0.25) is 5.88 Å². The van der Waals surface area contributed by atoms with Gasteiger partial charge in [-0.25, -0.2) is 9.18 Å². The average molecular weight is 467 g/mol. The Kier molecular flexibility index (Phi) is 6.86. The van der Waals surface area contributed by atoms with Gasteiger partial charge in [-0.05, 0) is 48.7 Å². The van der Waals surface area contributed by atoms with Crippen molar-refractivity contribution in [2.45, 2.75) is 38.7 Å². The molecule has 4 rings (SSSR count). The van der Waals surface area contributed by atoms with E-state index < -0.39 is 11.9 Å². The number of ketones is 1. The van der Waals surface area contributed by atoms with Gasteiger partial charge in [-0.1, -0.05) is 18.2 Å². The van der Waals surface area contributed by atoms with Crippen LogP contribution in [0.3, 0.4) is 0 Å². The lowest BCUT2D eigenvalue weighted by atomic mass is 9.77. The van der Waals surface area contributed by atoms with Crippen LogP contribution in [-0.2, 0) is 25.7 Å². The molecule has 2 aliphatic rings. The second kappa shape index (κ2) is 9.99. The Bertz CT molecular complexity index is 1190. The van der Waals surface area contributed by atoms with Crippen LogP contribution in [0.4, 0.5) is 4.39 Å². The van der Waals surface area contributed by atoms with Crippen molar-refractivity contribution in [1.29, 1.82) is 0 Å². The number of Topliss-reactive ketones (excluding diaryl/α,β-unsaturated/α-hetero) is 1. The third kappa shape index (κ3) is 4.62. The second-order valence-corrected chi connectivity index (χ2v) is 7.98. The zero-order valence-corrected chi connectivity index (χ0v) is 19.1. The molecule has 0 spiro atoms. The summed E-state index contributed by atoms with van der Waals surface area (Å²) in [5.74, 6) is -0.576. The molecular weight excluding hydrogens is 441 g/mol. The predicted octanol–water partition coefficient (Wildman–Crippen LogP) is 4.27. The maximum absolute atomic E-state index is 13.5. The Hall–Kier alpha value is -3.81. The first-order valence-electron chi connectivity index (χ1n) is 11.1. The van der Waals surface area contributed by atoms with E-state index in [1.807, 2.05) is 6.92 Å². The van der Waals surface area contributed by atoms with Crippen molar-refractivity contribution in [2.24, 2.45) is 5.73 Å². The Labute approximate surface area is 196 Å². The average Bonchev–Trinajstić information content (AvgIpc) is 2.82. The lowest BCUT2D eigenvalue weighted by molar-refractivity contribution is -0.136. The summed E-state index contributed by atoms with van der Waals surface area (Å²) in [5, 5.41) is 0. The third-order valence-corrected chi connectivity index (χ3v) is 5.77. The maximum atomic E-state index is 13.5. The Balaban J connectivity index is 1.73. The van der Waals surface area contributed by atoms with E-state index >= 15 is 0 Å². The zero-order valence-electron chi connectivity index (χ0n) is 19.1. The highest BCUT2D eigenvalue weighted by Gasteiger charge is 2.41. The number of carbonyl (C=O) groups is 2. The van der Waals surface area contributed by atoms with E-state index in [1.165, 1.54) is 19.2 Å². The van der Waals surface area contributed by atoms with Gasteiger partial charge in [-0.2, -0.15) is 0 Å². The van der Waals surface area contributed by atoms with Crippen LogP contribution in [-0.4, -0.2) is 25.5 Å². The molecule has 7 nitrogen and oxygen atoms in total. The SMILES string of the molecule is CCOc1cc([C@@H]2C(C(=O)OC)=C(N)OC3=C2C(=O)CCC3)ccc1OCc1cccc(F)c1. The van der Waals surface area contributed by atoms with Crippen molar-refractivity contribution in [2.75, 3.05) is 13.7 Å². The summed E-state index contributed by atoms with van der Waals surface area (Å²) in [4.78, 5) is 25.5. The molecule has 0 saturated heterocycles. The van der Waals surface area contributed by atoms with E-state index in [-0.39, 0.29) is 29.7 Å². The molecule has 0 radical (unpaired) electrons. The number of hydrogen-bond acceptors (Lipinski definition) is 7. The number of rotatable bonds is 7. The smallest absolute Gasteiger partial charge is 0.340 e. The number of allylic oxidation sites excluding steroid dienone is 2. The summed E-state index contributed by atoms with van der Waals surface area (Å²) in [6, 6.07) is 11.3. The molecule has 0 fully saturated rings. The molecule has 1 heterocycles. The van der Waals surface area contributed by atoms with Gasteiger partial charge in [-0.3, -0.25) is 4.79 Å². The standard InChI is InChI=1S/C26H26FNO6/c1-3-32-21-13-16(10-11-19(21)33-14-15-6-4-7-17(27)12-15)22-23-18(29)8-5-9-20(23)34-25(28)24(22)26(30)31-2/h4,6-7,10-13,22H,3,5,8-9,14,28H2,1-2H3/t22-/m0/s1. The fourth-order valence-electron chi connectivity index (χ4n) is 4.28. The van der Waals surface area contributed by atoms with E-state index in [1.54, 1.807) is 30.3 Å². The molecule has 34 heavy (non-hydrogen) atoms. The van der Waals surface area contributed by atoms with E-state index in [9.17, 15) is 14.0 Å². The largest absolute Gasteiger partial charge is 0.490 e. The molecular formula is C26H26FNO6. The lowest BCUT2D eigenvalue weighted by Gasteiger charge is -2.32. The van der Waals surface area contributed by atoms with Crippen molar-refractivity contribution >= 4 is 11.8 Å². The fourth-order valence-corrected chi connectivity index (χ4v) is 4.28. The highest BCUT2D eigenvalue weighted by molar-refractivity contribution is 6.03. The van der Waals surface area contributed by atoms with Crippen LogP contribution >= 0.6 is 0 Å². The quantitative estimate of drug-likeness (QED) is 0.608. The number of hydrogen-bond donors (Lipinski definition) is 1. The Morgan fingerprint density at radius 1 is 1.15 bits per heavy atom. The summed E-state index contributed by atoms with van der Waals surface area (Å²) in [6.07, 6.45) is 1.57. The zero-order chi connectivity index (χ0) is 24.2. The summed E-state index contributed by atoms with van der Waals surface area (Å²) >= 11 is 0. The highest BCUT2D eigenvalue weighted by atomic mass is 19.1. The minimum atomic E-state index is -0.750. The minimum absolute atomic E-state index is 0.0744. The summed E-state index contributed by atoms with van der Waals surface area (Å²) < 4.78 is 35.8. The first-order chi connectivity index (χ1) is 16.4. The predicted molar refractivity (Wildman–Crippen MR) is 121 cm³/mol. The first-order valence-corrected chi connectivity index (χ1v) is 11.1.